The van der Waals surface area contributed by atoms with Gasteiger partial charge in [0.1, 0.15) is 5.82 Å². The lowest BCUT2D eigenvalue weighted by molar-refractivity contribution is 0.620. The molecule has 96 valence electrons. The van der Waals surface area contributed by atoms with E-state index >= 15 is 0 Å². The Morgan fingerprint density at radius 2 is 2.22 bits per heavy atom. The fourth-order valence-corrected chi connectivity index (χ4v) is 3.29. The summed E-state index contributed by atoms with van der Waals surface area (Å²) < 4.78 is 15.0. The van der Waals surface area contributed by atoms with Gasteiger partial charge in [-0.2, -0.15) is 0 Å². The van der Waals surface area contributed by atoms with E-state index in [0.29, 0.717) is 18.1 Å². The lowest BCUT2D eigenvalue weighted by atomic mass is 10.1. The smallest absolute Gasteiger partial charge is 0.146 e. The van der Waals surface area contributed by atoms with Crippen LogP contribution in [0.2, 0.25) is 0 Å². The quantitative estimate of drug-likeness (QED) is 0.701. The Morgan fingerprint density at radius 3 is 2.83 bits per heavy atom. The highest BCUT2D eigenvalue weighted by molar-refractivity contribution is 9.11. The van der Waals surface area contributed by atoms with Gasteiger partial charge in [-0.05, 0) is 44.6 Å². The van der Waals surface area contributed by atoms with Crippen molar-refractivity contribution in [1.82, 2.24) is 0 Å². The summed E-state index contributed by atoms with van der Waals surface area (Å²) in [6.45, 7) is 0.660. The number of halogens is 3. The molecule has 0 atom stereocenters. The number of rotatable bonds is 4. The Hall–Kier alpha value is -0.580. The van der Waals surface area contributed by atoms with Gasteiger partial charge in [0.05, 0.1) is 9.47 Å². The molecule has 0 aliphatic rings. The van der Waals surface area contributed by atoms with Crippen LogP contribution in [0.1, 0.15) is 11.1 Å². The van der Waals surface area contributed by atoms with Crippen LogP contribution in [0.3, 0.4) is 0 Å². The molecule has 1 aromatic heterocycles. The zero-order chi connectivity index (χ0) is 13.1. The van der Waals surface area contributed by atoms with Gasteiger partial charge < -0.3 is 4.90 Å². The Labute approximate surface area is 123 Å². The molecule has 0 aliphatic carbocycles. The average Bonchev–Trinajstić information content (AvgIpc) is 2.74. The van der Waals surface area contributed by atoms with Gasteiger partial charge in [0.15, 0.2) is 0 Å². The van der Waals surface area contributed by atoms with Gasteiger partial charge in [-0.15, -0.1) is 22.9 Å². The molecule has 5 heteroatoms. The number of alkyl halides is 1. The standard InChI is InChI=1S/C13H12BrClFNS/c1-17(7-9-5-12(14)18-8-9)13-10(6-15)3-2-4-11(13)16/h2-5,8H,6-7H2,1H3. The molecule has 0 N–H and O–H groups in total. The third kappa shape index (κ3) is 3.05. The van der Waals surface area contributed by atoms with Gasteiger partial charge in [-0.3, -0.25) is 0 Å². The highest BCUT2D eigenvalue weighted by atomic mass is 79.9. The van der Waals surface area contributed by atoms with E-state index in [-0.39, 0.29) is 5.82 Å². The normalized spacial score (nSPS) is 10.7. The zero-order valence-corrected chi connectivity index (χ0v) is 12.9. The molecule has 2 aromatic rings. The number of thiophene rings is 1. The maximum absolute atomic E-state index is 13.9. The van der Waals surface area contributed by atoms with Crippen molar-refractivity contribution in [2.24, 2.45) is 0 Å². The van der Waals surface area contributed by atoms with Crippen LogP contribution < -0.4 is 4.90 Å². The molecule has 1 heterocycles. The van der Waals surface area contributed by atoms with Crippen LogP contribution in [0.4, 0.5) is 10.1 Å². The molecule has 1 aromatic carbocycles. The van der Waals surface area contributed by atoms with Crippen LogP contribution in [0, 0.1) is 5.82 Å². The third-order valence-electron chi connectivity index (χ3n) is 2.64. The summed E-state index contributed by atoms with van der Waals surface area (Å²) in [6, 6.07) is 7.05. The van der Waals surface area contributed by atoms with E-state index in [1.54, 1.807) is 17.4 Å². The van der Waals surface area contributed by atoms with E-state index in [4.69, 9.17) is 11.6 Å². The Balaban J connectivity index is 2.25. The molecule has 0 bridgehead atoms. The van der Waals surface area contributed by atoms with Crippen LogP contribution in [0.5, 0.6) is 0 Å². The summed E-state index contributed by atoms with van der Waals surface area (Å²) >= 11 is 10.9. The first-order chi connectivity index (χ1) is 8.61. The SMILES string of the molecule is CN(Cc1csc(Br)c1)c1c(F)cccc1CCl. The minimum Gasteiger partial charge on any atom is -0.368 e. The lowest BCUT2D eigenvalue weighted by Crippen LogP contribution is -2.18. The van der Waals surface area contributed by atoms with Crippen molar-refractivity contribution in [1.29, 1.82) is 0 Å². The van der Waals surface area contributed by atoms with Gasteiger partial charge >= 0.3 is 0 Å². The lowest BCUT2D eigenvalue weighted by Gasteiger charge is -2.22. The van der Waals surface area contributed by atoms with E-state index in [0.717, 1.165) is 14.9 Å². The molecule has 0 radical (unpaired) electrons. The van der Waals surface area contributed by atoms with Gasteiger partial charge in [-0.1, -0.05) is 12.1 Å². The predicted molar refractivity (Wildman–Crippen MR) is 80.1 cm³/mol. The van der Waals surface area contributed by atoms with E-state index < -0.39 is 0 Å². The molecule has 0 spiro atoms. The topological polar surface area (TPSA) is 3.24 Å². The van der Waals surface area contributed by atoms with Gasteiger partial charge in [0.25, 0.3) is 0 Å². The van der Waals surface area contributed by atoms with Crippen molar-refractivity contribution in [2.75, 3.05) is 11.9 Å². The monoisotopic (exact) mass is 347 g/mol. The molecule has 0 saturated carbocycles. The van der Waals surface area contributed by atoms with E-state index in [9.17, 15) is 4.39 Å². The van der Waals surface area contributed by atoms with Crippen molar-refractivity contribution < 1.29 is 4.39 Å². The van der Waals surface area contributed by atoms with Crippen molar-refractivity contribution in [3.63, 3.8) is 0 Å². The molecular formula is C13H12BrClFNS. The van der Waals surface area contributed by atoms with Crippen molar-refractivity contribution in [3.05, 3.63) is 50.4 Å². The minimum absolute atomic E-state index is 0.232. The number of para-hydroxylation sites is 1. The van der Waals surface area contributed by atoms with Gasteiger partial charge in [0.2, 0.25) is 0 Å². The van der Waals surface area contributed by atoms with Crippen LogP contribution in [0.25, 0.3) is 0 Å². The van der Waals surface area contributed by atoms with E-state index in [1.165, 1.54) is 6.07 Å². The van der Waals surface area contributed by atoms with Crippen molar-refractivity contribution in [3.8, 4) is 0 Å². The summed E-state index contributed by atoms with van der Waals surface area (Å²) in [7, 11) is 1.88. The van der Waals surface area contributed by atoms with Crippen LogP contribution in [-0.4, -0.2) is 7.05 Å². The van der Waals surface area contributed by atoms with Gasteiger partial charge in [0, 0.05) is 19.5 Å². The Bertz CT molecular complexity index is 544. The van der Waals surface area contributed by atoms with E-state index in [1.807, 2.05) is 24.1 Å². The number of nitrogens with zero attached hydrogens (tertiary/aromatic N) is 1. The van der Waals surface area contributed by atoms with Gasteiger partial charge in [-0.25, -0.2) is 4.39 Å². The molecule has 1 nitrogen and oxygen atoms in total. The Kier molecular flexibility index (Phi) is 4.65. The van der Waals surface area contributed by atoms with Crippen molar-refractivity contribution >= 4 is 44.6 Å². The maximum Gasteiger partial charge on any atom is 0.146 e. The minimum atomic E-state index is -0.232. The molecule has 0 saturated heterocycles. The largest absolute Gasteiger partial charge is 0.368 e. The first kappa shape index (κ1) is 13.8. The summed E-state index contributed by atoms with van der Waals surface area (Å²) in [5.41, 5.74) is 2.54. The third-order valence-corrected chi connectivity index (χ3v) is 4.48. The number of hydrogen-bond donors (Lipinski definition) is 0. The molecule has 0 aliphatic heterocycles. The van der Waals surface area contributed by atoms with E-state index in [2.05, 4.69) is 21.3 Å². The maximum atomic E-state index is 13.9. The first-order valence-corrected chi connectivity index (χ1v) is 7.60. The summed E-state index contributed by atoms with van der Waals surface area (Å²) in [5.74, 6) is 0.0788. The molecule has 0 unspecified atom stereocenters. The fraction of sp³-hybridized carbons (Fsp3) is 0.231. The zero-order valence-electron chi connectivity index (χ0n) is 9.79. The second kappa shape index (κ2) is 6.04. The Morgan fingerprint density at radius 1 is 1.44 bits per heavy atom. The van der Waals surface area contributed by atoms with Crippen LogP contribution >= 0.6 is 38.9 Å². The summed E-state index contributed by atoms with van der Waals surface area (Å²) in [5, 5.41) is 2.06. The summed E-state index contributed by atoms with van der Waals surface area (Å²) in [4.78, 5) is 1.89. The number of hydrogen-bond acceptors (Lipinski definition) is 2. The molecular weight excluding hydrogens is 337 g/mol. The van der Waals surface area contributed by atoms with Crippen molar-refractivity contribution in [2.45, 2.75) is 12.4 Å². The predicted octanol–water partition coefficient (Wildman–Crippen LogP) is 5.02. The average molecular weight is 349 g/mol. The highest BCUT2D eigenvalue weighted by Crippen LogP contribution is 2.28. The molecule has 0 amide bonds. The second-order valence-electron chi connectivity index (χ2n) is 4.00. The first-order valence-electron chi connectivity index (χ1n) is 5.39. The highest BCUT2D eigenvalue weighted by Gasteiger charge is 2.13. The number of benzene rings is 1. The summed E-state index contributed by atoms with van der Waals surface area (Å²) in [6.07, 6.45) is 0. The molecule has 18 heavy (non-hydrogen) atoms. The molecule has 2 rings (SSSR count). The molecule has 0 fully saturated rings. The second-order valence-corrected chi connectivity index (χ2v) is 6.55. The number of anilines is 1. The van der Waals surface area contributed by atoms with Crippen LogP contribution in [0.15, 0.2) is 33.4 Å². The van der Waals surface area contributed by atoms with Crippen LogP contribution in [-0.2, 0) is 12.4 Å². The fourth-order valence-electron chi connectivity index (χ4n) is 1.88.